The molecular weight excluding hydrogens is 458 g/mol. The molecule has 0 bridgehead atoms. The maximum Gasteiger partial charge on any atom is 0.195 e. The summed E-state index contributed by atoms with van der Waals surface area (Å²) in [5.41, 5.74) is 7.36. The summed E-state index contributed by atoms with van der Waals surface area (Å²) in [6, 6.07) is 10.8. The molecule has 1 aliphatic carbocycles. The third kappa shape index (κ3) is 3.88. The van der Waals surface area contributed by atoms with Gasteiger partial charge in [0.25, 0.3) is 0 Å². The fourth-order valence-electron chi connectivity index (χ4n) is 6.80. The lowest BCUT2D eigenvalue weighted by molar-refractivity contribution is 0.0982. The number of H-pyrrole nitrogens is 1. The summed E-state index contributed by atoms with van der Waals surface area (Å²) in [6.07, 6.45) is 3.30. The van der Waals surface area contributed by atoms with Gasteiger partial charge in [-0.15, -0.1) is 0 Å². The fourth-order valence-corrected chi connectivity index (χ4v) is 6.80. The normalized spacial score (nSPS) is 20.6. The van der Waals surface area contributed by atoms with Crippen LogP contribution in [-0.4, -0.2) is 72.9 Å². The molecule has 0 amide bonds. The molecule has 2 fully saturated rings. The summed E-state index contributed by atoms with van der Waals surface area (Å²) in [6.45, 7) is 20.9. The Hall–Kier alpha value is -3.14. The van der Waals surface area contributed by atoms with E-state index in [4.69, 9.17) is 6.57 Å². The number of aromatic nitrogens is 1. The van der Waals surface area contributed by atoms with Crippen LogP contribution in [0.25, 0.3) is 15.7 Å². The van der Waals surface area contributed by atoms with Gasteiger partial charge in [0, 0.05) is 78.6 Å². The number of nitrogens with zero attached hydrogens (tertiary/aromatic N) is 4. The second-order valence-electron chi connectivity index (χ2n) is 11.6. The summed E-state index contributed by atoms with van der Waals surface area (Å²) in [5, 5.41) is 0.916. The van der Waals surface area contributed by atoms with E-state index in [1.54, 1.807) is 0 Å². The summed E-state index contributed by atoms with van der Waals surface area (Å²) in [5.74, 6) is 0.0983. The van der Waals surface area contributed by atoms with Crippen LogP contribution in [0.5, 0.6) is 0 Å². The number of hydrogen-bond acceptors (Lipinski definition) is 4. The van der Waals surface area contributed by atoms with Crippen molar-refractivity contribution in [2.24, 2.45) is 0 Å². The highest BCUT2D eigenvalue weighted by atomic mass is 16.1. The standard InChI is InChI=1S/C31H37N5O/c1-6-20-17-24-25(19-27(20)36-11-9-22(10-12-36)35-15-13-34(5)14-16-35)31(2,3)30-28(29(24)37)23-8-7-21(32-4)18-26(23)33-30/h7-8,17-19,22,33H,6,9-16H2,1-3,5H3. The van der Waals surface area contributed by atoms with Crippen molar-refractivity contribution in [2.75, 3.05) is 51.2 Å². The maximum absolute atomic E-state index is 13.9. The van der Waals surface area contributed by atoms with Gasteiger partial charge in [0.05, 0.1) is 12.1 Å². The van der Waals surface area contributed by atoms with Crippen molar-refractivity contribution in [1.29, 1.82) is 0 Å². The first-order valence-electron chi connectivity index (χ1n) is 13.7. The highest BCUT2D eigenvalue weighted by Crippen LogP contribution is 2.46. The monoisotopic (exact) mass is 495 g/mol. The van der Waals surface area contributed by atoms with Gasteiger partial charge in [0.1, 0.15) is 0 Å². The Kier molecular flexibility index (Phi) is 5.89. The topological polar surface area (TPSA) is 46.9 Å². The maximum atomic E-state index is 13.9. The Balaban J connectivity index is 1.34. The van der Waals surface area contributed by atoms with E-state index in [-0.39, 0.29) is 11.2 Å². The van der Waals surface area contributed by atoms with Crippen LogP contribution in [-0.2, 0) is 11.8 Å². The zero-order chi connectivity index (χ0) is 25.9. The summed E-state index contributed by atoms with van der Waals surface area (Å²) >= 11 is 0. The van der Waals surface area contributed by atoms with E-state index in [0.29, 0.717) is 11.7 Å². The van der Waals surface area contributed by atoms with Gasteiger partial charge in [-0.1, -0.05) is 32.9 Å². The Morgan fingerprint density at radius 1 is 1.05 bits per heavy atom. The average molecular weight is 496 g/mol. The first kappa shape index (κ1) is 24.2. The van der Waals surface area contributed by atoms with Crippen molar-refractivity contribution < 1.29 is 4.79 Å². The highest BCUT2D eigenvalue weighted by molar-refractivity contribution is 6.20. The SMILES string of the molecule is [C-]#[N+]c1ccc2c3c([nH]c2c1)C(C)(C)c1cc(N2CCC(N4CCN(C)CC4)CC2)c(CC)cc1C3=O. The number of benzene rings is 2. The van der Waals surface area contributed by atoms with Gasteiger partial charge in [0.2, 0.25) is 0 Å². The first-order valence-corrected chi connectivity index (χ1v) is 13.7. The lowest BCUT2D eigenvalue weighted by Gasteiger charge is -2.43. The first-order chi connectivity index (χ1) is 17.8. The van der Waals surface area contributed by atoms with E-state index in [9.17, 15) is 4.79 Å². The molecule has 2 aromatic carbocycles. The molecular formula is C31H37N5O. The number of ketones is 1. The number of hydrogen-bond donors (Lipinski definition) is 1. The van der Waals surface area contributed by atoms with Crippen LogP contribution in [0.2, 0.25) is 0 Å². The van der Waals surface area contributed by atoms with E-state index in [1.807, 2.05) is 18.2 Å². The van der Waals surface area contributed by atoms with Crippen molar-refractivity contribution in [3.63, 3.8) is 0 Å². The number of piperidine rings is 1. The van der Waals surface area contributed by atoms with Crippen LogP contribution in [0, 0.1) is 6.57 Å². The number of nitrogens with one attached hydrogen (secondary N) is 1. The van der Waals surface area contributed by atoms with Crippen LogP contribution < -0.4 is 4.90 Å². The van der Waals surface area contributed by atoms with Gasteiger partial charge in [-0.05, 0) is 55.6 Å². The molecule has 6 rings (SSSR count). The quantitative estimate of drug-likeness (QED) is 0.497. The van der Waals surface area contributed by atoms with E-state index >= 15 is 0 Å². The predicted octanol–water partition coefficient (Wildman–Crippen LogP) is 5.37. The molecule has 0 saturated carbocycles. The number of anilines is 1. The van der Waals surface area contributed by atoms with Crippen molar-refractivity contribution in [2.45, 2.75) is 51.5 Å². The van der Waals surface area contributed by atoms with Crippen molar-refractivity contribution in [3.8, 4) is 0 Å². The number of carbonyl (C=O) groups excluding carboxylic acids is 1. The minimum absolute atomic E-state index is 0.0983. The predicted molar refractivity (Wildman–Crippen MR) is 150 cm³/mol. The molecule has 0 spiro atoms. The Morgan fingerprint density at radius 3 is 2.46 bits per heavy atom. The molecule has 6 nitrogen and oxygen atoms in total. The number of aryl methyl sites for hydroxylation is 1. The molecule has 1 aromatic heterocycles. The smallest absolute Gasteiger partial charge is 0.195 e. The van der Waals surface area contributed by atoms with E-state index < -0.39 is 0 Å². The molecule has 3 aliphatic rings. The van der Waals surface area contributed by atoms with Crippen LogP contribution in [0.15, 0.2) is 30.3 Å². The van der Waals surface area contributed by atoms with Crippen LogP contribution in [0.3, 0.4) is 0 Å². The number of carbonyl (C=O) groups is 1. The molecule has 0 atom stereocenters. The number of piperazine rings is 1. The van der Waals surface area contributed by atoms with Crippen LogP contribution in [0.1, 0.15) is 66.4 Å². The lowest BCUT2D eigenvalue weighted by Crippen LogP contribution is -2.52. The summed E-state index contributed by atoms with van der Waals surface area (Å²) < 4.78 is 0. The minimum Gasteiger partial charge on any atom is -0.371 e. The molecule has 3 aromatic rings. The summed E-state index contributed by atoms with van der Waals surface area (Å²) in [4.78, 5) is 28.7. The molecule has 1 N–H and O–H groups in total. The fraction of sp³-hybridized carbons (Fsp3) is 0.484. The third-order valence-electron chi connectivity index (χ3n) is 9.14. The molecule has 37 heavy (non-hydrogen) atoms. The Bertz CT molecular complexity index is 1410. The number of aromatic amines is 1. The van der Waals surface area contributed by atoms with Crippen LogP contribution >= 0.6 is 0 Å². The molecule has 0 radical (unpaired) electrons. The average Bonchev–Trinajstić information content (AvgIpc) is 3.32. The van der Waals surface area contributed by atoms with Gasteiger partial charge < -0.3 is 14.8 Å². The van der Waals surface area contributed by atoms with E-state index in [0.717, 1.165) is 52.8 Å². The lowest BCUT2D eigenvalue weighted by atomic mass is 9.70. The van der Waals surface area contributed by atoms with Gasteiger partial charge >= 0.3 is 0 Å². The molecule has 6 heteroatoms. The second-order valence-corrected chi connectivity index (χ2v) is 11.6. The van der Waals surface area contributed by atoms with E-state index in [1.165, 1.54) is 50.3 Å². The number of likely N-dealkylation sites (N-methyl/N-ethyl adjacent to an activating group) is 1. The van der Waals surface area contributed by atoms with Crippen molar-refractivity contribution >= 4 is 28.1 Å². The third-order valence-corrected chi connectivity index (χ3v) is 9.14. The Labute approximate surface area is 220 Å². The molecule has 3 heterocycles. The van der Waals surface area contributed by atoms with Gasteiger partial charge in [0.15, 0.2) is 11.5 Å². The van der Waals surface area contributed by atoms with Crippen LogP contribution in [0.4, 0.5) is 11.4 Å². The zero-order valence-corrected chi connectivity index (χ0v) is 22.5. The van der Waals surface area contributed by atoms with Crippen molar-refractivity contribution in [3.05, 3.63) is 69.7 Å². The zero-order valence-electron chi connectivity index (χ0n) is 22.5. The molecule has 2 aliphatic heterocycles. The van der Waals surface area contributed by atoms with Gasteiger partial charge in [-0.3, -0.25) is 9.69 Å². The van der Waals surface area contributed by atoms with Gasteiger partial charge in [-0.2, -0.15) is 0 Å². The minimum atomic E-state index is -0.338. The largest absolute Gasteiger partial charge is 0.371 e. The number of fused-ring (bicyclic) bond motifs is 4. The van der Waals surface area contributed by atoms with Crippen molar-refractivity contribution in [1.82, 2.24) is 14.8 Å². The summed E-state index contributed by atoms with van der Waals surface area (Å²) in [7, 11) is 2.22. The molecule has 2 saturated heterocycles. The Morgan fingerprint density at radius 2 is 1.78 bits per heavy atom. The second kappa shape index (κ2) is 9.01. The molecule has 192 valence electrons. The van der Waals surface area contributed by atoms with Gasteiger partial charge in [-0.25, -0.2) is 4.85 Å². The van der Waals surface area contributed by atoms with E-state index in [2.05, 4.69) is 64.5 Å². The molecule has 0 unspecified atom stereocenters. The highest BCUT2D eigenvalue weighted by Gasteiger charge is 2.40. The number of rotatable bonds is 3.